The minimum atomic E-state index is 0.716. The Morgan fingerprint density at radius 3 is 3.19 bits per heavy atom. The zero-order chi connectivity index (χ0) is 11.4. The maximum Gasteiger partial charge on any atom is 0.0943 e. The van der Waals surface area contributed by atoms with Gasteiger partial charge in [-0.2, -0.15) is 0 Å². The van der Waals surface area contributed by atoms with Gasteiger partial charge in [0.05, 0.1) is 5.01 Å². The smallest absolute Gasteiger partial charge is 0.0943 e. The van der Waals surface area contributed by atoms with E-state index in [1.807, 2.05) is 17.5 Å². The van der Waals surface area contributed by atoms with Crippen LogP contribution < -0.4 is 5.73 Å². The molecule has 1 aromatic rings. The van der Waals surface area contributed by atoms with Crippen LogP contribution in [0.5, 0.6) is 0 Å². The summed E-state index contributed by atoms with van der Waals surface area (Å²) in [4.78, 5) is 8.37. The third-order valence-corrected chi connectivity index (χ3v) is 4.39. The lowest BCUT2D eigenvalue weighted by molar-refractivity contribution is 0.309. The van der Waals surface area contributed by atoms with Crippen LogP contribution >= 0.6 is 11.3 Å². The second-order valence-corrected chi connectivity index (χ2v) is 5.79. The van der Waals surface area contributed by atoms with E-state index in [0.717, 1.165) is 25.8 Å². The van der Waals surface area contributed by atoms with Gasteiger partial charge >= 0.3 is 0 Å². The number of likely N-dealkylation sites (N-methyl/N-ethyl adjacent to an activating group) is 1. The van der Waals surface area contributed by atoms with Gasteiger partial charge in [-0.05, 0) is 45.8 Å². The lowest BCUT2D eigenvalue weighted by Crippen LogP contribution is -2.26. The first-order chi connectivity index (χ1) is 7.79. The highest BCUT2D eigenvalue weighted by Gasteiger charge is 2.21. The molecule has 1 fully saturated rings. The van der Waals surface area contributed by atoms with E-state index < -0.39 is 0 Å². The number of thiazole rings is 1. The summed E-state index contributed by atoms with van der Waals surface area (Å²) in [7, 11) is 2.22. The van der Waals surface area contributed by atoms with Crippen molar-refractivity contribution in [1.29, 1.82) is 0 Å². The topological polar surface area (TPSA) is 42.2 Å². The van der Waals surface area contributed by atoms with Gasteiger partial charge in [0.15, 0.2) is 0 Å². The number of hydrogen-bond donors (Lipinski definition) is 1. The molecule has 2 N–H and O–H groups in total. The number of aryl methyl sites for hydroxylation is 1. The van der Waals surface area contributed by atoms with Crippen LogP contribution in [0.4, 0.5) is 0 Å². The van der Waals surface area contributed by atoms with Crippen molar-refractivity contribution in [2.45, 2.75) is 38.1 Å². The third-order valence-electron chi connectivity index (χ3n) is 3.31. The van der Waals surface area contributed by atoms with Crippen molar-refractivity contribution in [3.8, 4) is 0 Å². The highest BCUT2D eigenvalue weighted by molar-refractivity contribution is 7.11. The largest absolute Gasteiger partial charge is 0.330 e. The molecular formula is C12H21N3S. The van der Waals surface area contributed by atoms with E-state index in [0.29, 0.717) is 6.04 Å². The Morgan fingerprint density at radius 1 is 1.62 bits per heavy atom. The molecule has 90 valence electrons. The molecule has 16 heavy (non-hydrogen) atoms. The lowest BCUT2D eigenvalue weighted by Gasteiger charge is -2.17. The maximum atomic E-state index is 5.51. The molecule has 1 aliphatic rings. The van der Waals surface area contributed by atoms with Crippen LogP contribution in [0.25, 0.3) is 0 Å². The number of nitrogens with zero attached hydrogens (tertiary/aromatic N) is 2. The van der Waals surface area contributed by atoms with Crippen molar-refractivity contribution in [2.24, 2.45) is 5.73 Å². The Balaban J connectivity index is 1.87. The van der Waals surface area contributed by atoms with Crippen LogP contribution in [-0.4, -0.2) is 36.1 Å². The molecule has 0 bridgehead atoms. The molecule has 1 aliphatic heterocycles. The van der Waals surface area contributed by atoms with Crippen molar-refractivity contribution in [1.82, 2.24) is 9.88 Å². The Kier molecular flexibility index (Phi) is 4.32. The SMILES string of the molecule is CN1CCCC1Cc1ncc(CCCN)s1. The minimum Gasteiger partial charge on any atom is -0.330 e. The number of likely N-dealkylation sites (tertiary alicyclic amines) is 1. The Morgan fingerprint density at radius 2 is 2.50 bits per heavy atom. The van der Waals surface area contributed by atoms with Gasteiger partial charge < -0.3 is 10.6 Å². The van der Waals surface area contributed by atoms with Crippen LogP contribution in [0.2, 0.25) is 0 Å². The van der Waals surface area contributed by atoms with Crippen molar-refractivity contribution >= 4 is 11.3 Å². The average Bonchev–Trinajstić information content (AvgIpc) is 2.87. The van der Waals surface area contributed by atoms with Crippen LogP contribution in [-0.2, 0) is 12.8 Å². The molecule has 0 aromatic carbocycles. The molecule has 3 nitrogen and oxygen atoms in total. The van der Waals surface area contributed by atoms with Crippen molar-refractivity contribution < 1.29 is 0 Å². The van der Waals surface area contributed by atoms with Gasteiger partial charge in [0, 0.05) is 23.5 Å². The monoisotopic (exact) mass is 239 g/mol. The molecule has 1 saturated heterocycles. The molecule has 4 heteroatoms. The summed E-state index contributed by atoms with van der Waals surface area (Å²) in [5.74, 6) is 0. The predicted molar refractivity (Wildman–Crippen MR) is 68.8 cm³/mol. The van der Waals surface area contributed by atoms with Gasteiger partial charge in [-0.15, -0.1) is 11.3 Å². The van der Waals surface area contributed by atoms with Crippen LogP contribution in [0.3, 0.4) is 0 Å². The van der Waals surface area contributed by atoms with E-state index in [1.165, 1.54) is 29.3 Å². The van der Waals surface area contributed by atoms with Gasteiger partial charge in [0.25, 0.3) is 0 Å². The molecule has 2 rings (SSSR count). The highest BCUT2D eigenvalue weighted by Crippen LogP contribution is 2.22. The fourth-order valence-electron chi connectivity index (χ4n) is 2.27. The minimum absolute atomic E-state index is 0.716. The summed E-state index contributed by atoms with van der Waals surface area (Å²) in [6, 6.07) is 0.716. The van der Waals surface area contributed by atoms with E-state index >= 15 is 0 Å². The maximum absolute atomic E-state index is 5.51. The zero-order valence-corrected chi connectivity index (χ0v) is 10.8. The van der Waals surface area contributed by atoms with E-state index in [1.54, 1.807) is 0 Å². The quantitative estimate of drug-likeness (QED) is 0.850. The molecule has 0 aliphatic carbocycles. The Labute approximate surface area is 102 Å². The summed E-state index contributed by atoms with van der Waals surface area (Å²) in [6.45, 7) is 2.02. The van der Waals surface area contributed by atoms with Crippen LogP contribution in [0.1, 0.15) is 29.1 Å². The molecule has 0 spiro atoms. The summed E-state index contributed by atoms with van der Waals surface area (Å²) in [6.07, 6.45) is 7.99. The molecule has 1 aromatic heterocycles. The summed E-state index contributed by atoms with van der Waals surface area (Å²) in [5, 5.41) is 1.30. The molecule has 2 heterocycles. The standard InChI is InChI=1S/C12H21N3S/c1-15-7-3-4-10(15)8-12-14-9-11(16-12)5-2-6-13/h9-10H,2-8,13H2,1H3. The van der Waals surface area contributed by atoms with E-state index in [9.17, 15) is 0 Å². The second-order valence-electron chi connectivity index (χ2n) is 4.59. The molecule has 1 unspecified atom stereocenters. The summed E-state index contributed by atoms with van der Waals surface area (Å²) < 4.78 is 0. The highest BCUT2D eigenvalue weighted by atomic mass is 32.1. The average molecular weight is 239 g/mol. The molecule has 1 atom stereocenters. The van der Waals surface area contributed by atoms with E-state index in [2.05, 4.69) is 16.9 Å². The first-order valence-corrected chi connectivity index (χ1v) is 6.95. The van der Waals surface area contributed by atoms with Crippen molar-refractivity contribution in [2.75, 3.05) is 20.1 Å². The molecule has 0 radical (unpaired) electrons. The summed E-state index contributed by atoms with van der Waals surface area (Å²) >= 11 is 1.87. The molecule has 0 amide bonds. The molecular weight excluding hydrogens is 218 g/mol. The van der Waals surface area contributed by atoms with E-state index in [4.69, 9.17) is 5.73 Å². The lowest BCUT2D eigenvalue weighted by atomic mass is 10.1. The van der Waals surface area contributed by atoms with E-state index in [-0.39, 0.29) is 0 Å². The fraction of sp³-hybridized carbons (Fsp3) is 0.750. The van der Waals surface area contributed by atoms with Gasteiger partial charge in [0.1, 0.15) is 0 Å². The van der Waals surface area contributed by atoms with Crippen LogP contribution in [0, 0.1) is 0 Å². The first kappa shape index (κ1) is 12.0. The number of nitrogens with two attached hydrogens (primary N) is 1. The van der Waals surface area contributed by atoms with Crippen molar-refractivity contribution in [3.63, 3.8) is 0 Å². The number of aromatic nitrogens is 1. The second kappa shape index (κ2) is 5.75. The van der Waals surface area contributed by atoms with Gasteiger partial charge in [-0.1, -0.05) is 0 Å². The normalized spacial score (nSPS) is 21.8. The number of hydrogen-bond acceptors (Lipinski definition) is 4. The fourth-order valence-corrected chi connectivity index (χ4v) is 3.31. The Bertz CT molecular complexity index is 324. The first-order valence-electron chi connectivity index (χ1n) is 6.13. The zero-order valence-electron chi connectivity index (χ0n) is 9.98. The summed E-state index contributed by atoms with van der Waals surface area (Å²) in [5.41, 5.74) is 5.51. The molecule has 0 saturated carbocycles. The van der Waals surface area contributed by atoms with Gasteiger partial charge in [0.2, 0.25) is 0 Å². The Hall–Kier alpha value is -0.450. The van der Waals surface area contributed by atoms with Crippen molar-refractivity contribution in [3.05, 3.63) is 16.1 Å². The van der Waals surface area contributed by atoms with Crippen LogP contribution in [0.15, 0.2) is 6.20 Å². The third kappa shape index (κ3) is 3.03. The predicted octanol–water partition coefficient (Wildman–Crippen LogP) is 1.67. The van der Waals surface area contributed by atoms with Gasteiger partial charge in [-0.3, -0.25) is 0 Å². The number of rotatable bonds is 5. The van der Waals surface area contributed by atoms with Gasteiger partial charge in [-0.25, -0.2) is 4.98 Å².